The molecule has 0 aromatic rings. The highest BCUT2D eigenvalue weighted by molar-refractivity contribution is 6.02. The summed E-state index contributed by atoms with van der Waals surface area (Å²) >= 11 is 0. The van der Waals surface area contributed by atoms with Gasteiger partial charge in [0.15, 0.2) is 6.29 Å². The van der Waals surface area contributed by atoms with Gasteiger partial charge in [-0.1, -0.05) is 0 Å². The predicted octanol–water partition coefficient (Wildman–Crippen LogP) is 0.529. The number of carbonyl (C=O) groups excluding carboxylic acids is 3. The Morgan fingerprint density at radius 1 is 1.13 bits per heavy atom. The molecule has 1 heterocycles. The van der Waals surface area contributed by atoms with E-state index < -0.39 is 36.3 Å². The largest absolute Gasteiger partial charge is 0.464 e. The predicted molar refractivity (Wildman–Crippen MR) is 79.3 cm³/mol. The first-order chi connectivity index (χ1) is 11.0. The van der Waals surface area contributed by atoms with Crippen molar-refractivity contribution in [3.8, 4) is 0 Å². The van der Waals surface area contributed by atoms with Crippen LogP contribution in [-0.4, -0.2) is 56.1 Å². The summed E-state index contributed by atoms with van der Waals surface area (Å²) in [5.41, 5.74) is 0. The van der Waals surface area contributed by atoms with Gasteiger partial charge < -0.3 is 24.3 Å². The summed E-state index contributed by atoms with van der Waals surface area (Å²) in [5, 5.41) is 2.31. The van der Waals surface area contributed by atoms with Crippen LogP contribution >= 0.6 is 0 Å². The molecule has 0 aromatic heterocycles. The van der Waals surface area contributed by atoms with E-state index in [1.807, 2.05) is 0 Å². The highest BCUT2D eigenvalue weighted by atomic mass is 16.7. The summed E-state index contributed by atoms with van der Waals surface area (Å²) in [7, 11) is 0. The average Bonchev–Trinajstić information content (AvgIpc) is 2.53. The molecule has 2 unspecified atom stereocenters. The summed E-state index contributed by atoms with van der Waals surface area (Å²) in [6.07, 6.45) is 1.32. The number of amides is 1. The molecular formula is C15H25NO7. The Bertz CT molecular complexity index is 389. The Kier molecular flexibility index (Phi) is 8.57. The van der Waals surface area contributed by atoms with Gasteiger partial charge in [0.25, 0.3) is 0 Å². The fourth-order valence-corrected chi connectivity index (χ4v) is 2.03. The molecule has 1 fully saturated rings. The van der Waals surface area contributed by atoms with Gasteiger partial charge in [-0.3, -0.25) is 4.79 Å². The Morgan fingerprint density at radius 2 is 1.74 bits per heavy atom. The second-order valence-electron chi connectivity index (χ2n) is 5.02. The molecule has 23 heavy (non-hydrogen) atoms. The second-order valence-corrected chi connectivity index (χ2v) is 5.02. The van der Waals surface area contributed by atoms with Crippen molar-refractivity contribution in [2.24, 2.45) is 0 Å². The van der Waals surface area contributed by atoms with Crippen LogP contribution < -0.4 is 5.32 Å². The van der Waals surface area contributed by atoms with Crippen LogP contribution in [0.15, 0.2) is 0 Å². The molecule has 0 aromatic carbocycles. The lowest BCUT2D eigenvalue weighted by Gasteiger charge is -2.26. The molecule has 1 rings (SSSR count). The van der Waals surface area contributed by atoms with E-state index in [0.717, 1.165) is 12.8 Å². The van der Waals surface area contributed by atoms with Gasteiger partial charge in [-0.15, -0.1) is 0 Å². The SMILES string of the molecule is CCOC(=O)C(NC(=O)C(C)OC1CCCCO1)C(=O)OCC. The third kappa shape index (κ3) is 6.54. The first-order valence-electron chi connectivity index (χ1n) is 7.90. The number of carbonyl (C=O) groups is 3. The maximum Gasteiger partial charge on any atom is 0.340 e. The smallest absolute Gasteiger partial charge is 0.340 e. The summed E-state index contributed by atoms with van der Waals surface area (Å²) in [4.78, 5) is 35.7. The van der Waals surface area contributed by atoms with Crippen molar-refractivity contribution >= 4 is 17.8 Å². The maximum atomic E-state index is 12.1. The van der Waals surface area contributed by atoms with Gasteiger partial charge in [0.05, 0.1) is 13.2 Å². The molecular weight excluding hydrogens is 306 g/mol. The van der Waals surface area contributed by atoms with Crippen molar-refractivity contribution in [3.05, 3.63) is 0 Å². The van der Waals surface area contributed by atoms with E-state index in [1.54, 1.807) is 13.8 Å². The van der Waals surface area contributed by atoms with E-state index in [1.165, 1.54) is 6.92 Å². The molecule has 0 radical (unpaired) electrons. The number of esters is 2. The van der Waals surface area contributed by atoms with Crippen LogP contribution in [0, 0.1) is 0 Å². The second kappa shape index (κ2) is 10.2. The molecule has 2 atom stereocenters. The lowest BCUT2D eigenvalue weighted by Crippen LogP contribution is -2.51. The van der Waals surface area contributed by atoms with Crippen LogP contribution in [-0.2, 0) is 33.3 Å². The highest BCUT2D eigenvalue weighted by Crippen LogP contribution is 2.15. The molecule has 1 saturated heterocycles. The first-order valence-corrected chi connectivity index (χ1v) is 7.90. The summed E-state index contributed by atoms with van der Waals surface area (Å²) < 4.78 is 20.4. The van der Waals surface area contributed by atoms with Crippen LogP contribution in [0.2, 0.25) is 0 Å². The Hall–Kier alpha value is -1.67. The molecule has 1 aliphatic heterocycles. The summed E-state index contributed by atoms with van der Waals surface area (Å²) in [5.74, 6) is -2.33. The fourth-order valence-electron chi connectivity index (χ4n) is 2.03. The van der Waals surface area contributed by atoms with Crippen molar-refractivity contribution < 1.29 is 33.3 Å². The van der Waals surface area contributed by atoms with E-state index in [0.29, 0.717) is 13.0 Å². The molecule has 0 saturated carbocycles. The van der Waals surface area contributed by atoms with E-state index in [-0.39, 0.29) is 13.2 Å². The van der Waals surface area contributed by atoms with Gasteiger partial charge in [0.2, 0.25) is 11.9 Å². The zero-order valence-electron chi connectivity index (χ0n) is 13.8. The number of hydrogen-bond acceptors (Lipinski definition) is 7. The Morgan fingerprint density at radius 3 is 2.22 bits per heavy atom. The minimum atomic E-state index is -1.50. The number of nitrogens with one attached hydrogen (secondary N) is 1. The van der Waals surface area contributed by atoms with Crippen LogP contribution in [0.1, 0.15) is 40.0 Å². The van der Waals surface area contributed by atoms with E-state index in [2.05, 4.69) is 5.32 Å². The third-order valence-electron chi connectivity index (χ3n) is 3.19. The lowest BCUT2D eigenvalue weighted by molar-refractivity contribution is -0.190. The Labute approximate surface area is 135 Å². The molecule has 1 N–H and O–H groups in total. The quantitative estimate of drug-likeness (QED) is 0.511. The fraction of sp³-hybridized carbons (Fsp3) is 0.800. The van der Waals surface area contributed by atoms with Gasteiger partial charge in [-0.25, -0.2) is 9.59 Å². The van der Waals surface area contributed by atoms with Gasteiger partial charge in [0.1, 0.15) is 6.10 Å². The maximum absolute atomic E-state index is 12.1. The minimum absolute atomic E-state index is 0.0899. The monoisotopic (exact) mass is 331 g/mol. The molecule has 8 heteroatoms. The van der Waals surface area contributed by atoms with Crippen LogP contribution in [0.25, 0.3) is 0 Å². The third-order valence-corrected chi connectivity index (χ3v) is 3.19. The molecule has 132 valence electrons. The van der Waals surface area contributed by atoms with Crippen LogP contribution in [0.5, 0.6) is 0 Å². The van der Waals surface area contributed by atoms with Gasteiger partial charge in [-0.2, -0.15) is 0 Å². The van der Waals surface area contributed by atoms with Crippen molar-refractivity contribution in [3.63, 3.8) is 0 Å². The van der Waals surface area contributed by atoms with Crippen molar-refractivity contribution in [1.29, 1.82) is 0 Å². The van der Waals surface area contributed by atoms with E-state index >= 15 is 0 Å². The molecule has 1 aliphatic rings. The first kappa shape index (κ1) is 19.4. The molecule has 8 nitrogen and oxygen atoms in total. The number of ether oxygens (including phenoxy) is 4. The van der Waals surface area contributed by atoms with Crippen molar-refractivity contribution in [2.45, 2.75) is 58.5 Å². The number of hydrogen-bond donors (Lipinski definition) is 1. The average molecular weight is 331 g/mol. The van der Waals surface area contributed by atoms with Gasteiger partial charge in [0, 0.05) is 6.61 Å². The summed E-state index contributed by atoms with van der Waals surface area (Å²) in [6, 6.07) is -1.50. The molecule has 0 spiro atoms. The summed E-state index contributed by atoms with van der Waals surface area (Å²) in [6.45, 7) is 5.51. The zero-order chi connectivity index (χ0) is 17.2. The molecule has 0 bridgehead atoms. The minimum Gasteiger partial charge on any atom is -0.464 e. The molecule has 0 aliphatic carbocycles. The van der Waals surface area contributed by atoms with E-state index in [9.17, 15) is 14.4 Å². The standard InChI is InChI=1S/C15H25NO7/c1-4-20-14(18)12(15(19)21-5-2)16-13(17)10(3)23-11-8-6-7-9-22-11/h10-12H,4-9H2,1-3H3,(H,16,17). The van der Waals surface area contributed by atoms with Crippen molar-refractivity contribution in [2.75, 3.05) is 19.8 Å². The molecule has 1 amide bonds. The van der Waals surface area contributed by atoms with Gasteiger partial charge in [-0.05, 0) is 40.0 Å². The van der Waals surface area contributed by atoms with Crippen LogP contribution in [0.3, 0.4) is 0 Å². The van der Waals surface area contributed by atoms with Crippen LogP contribution in [0.4, 0.5) is 0 Å². The number of rotatable bonds is 8. The van der Waals surface area contributed by atoms with E-state index in [4.69, 9.17) is 18.9 Å². The normalized spacial score (nSPS) is 19.0. The van der Waals surface area contributed by atoms with Gasteiger partial charge >= 0.3 is 11.9 Å². The Balaban J connectivity index is 2.59. The van der Waals surface area contributed by atoms with Crippen molar-refractivity contribution in [1.82, 2.24) is 5.32 Å². The lowest BCUT2D eigenvalue weighted by atomic mass is 10.2. The topological polar surface area (TPSA) is 100 Å². The highest BCUT2D eigenvalue weighted by Gasteiger charge is 2.33. The zero-order valence-corrected chi connectivity index (χ0v) is 13.8.